The Balaban J connectivity index is 1.61. The lowest BCUT2D eigenvalue weighted by atomic mass is 10.1. The third kappa shape index (κ3) is 6.29. The summed E-state index contributed by atoms with van der Waals surface area (Å²) >= 11 is 1.31. The van der Waals surface area contributed by atoms with Gasteiger partial charge in [0.2, 0.25) is 6.54 Å². The van der Waals surface area contributed by atoms with E-state index in [2.05, 4.69) is 30.1 Å². The van der Waals surface area contributed by atoms with E-state index in [9.17, 15) is 10.1 Å². The lowest BCUT2D eigenvalue weighted by Crippen LogP contribution is -2.11. The maximum absolute atomic E-state index is 11.6. The lowest BCUT2D eigenvalue weighted by molar-refractivity contribution is -0.479. The summed E-state index contributed by atoms with van der Waals surface area (Å²) in [7, 11) is 1.56. The zero-order valence-corrected chi connectivity index (χ0v) is 22.4. The van der Waals surface area contributed by atoms with Gasteiger partial charge in [0.05, 0.1) is 7.11 Å². The number of nitro groups is 1. The number of ether oxygens (including phenoxy) is 2. The Morgan fingerprint density at radius 3 is 2.38 bits per heavy atom. The molecule has 1 aromatic heterocycles. The first-order valence-electron chi connectivity index (χ1n) is 11.9. The third-order valence-electron chi connectivity index (χ3n) is 6.18. The SMILES string of the molecule is COc1cc([C@H](C[N+](=O)[O-])Sc2nnc(C)n2-c2ccc(C)c(C)c2)ccc1OCc1ccc(C)cc1. The lowest BCUT2D eigenvalue weighted by Gasteiger charge is -2.17. The van der Waals surface area contributed by atoms with Crippen molar-refractivity contribution < 1.29 is 14.4 Å². The quantitative estimate of drug-likeness (QED) is 0.140. The van der Waals surface area contributed by atoms with Crippen molar-refractivity contribution in [2.24, 2.45) is 0 Å². The van der Waals surface area contributed by atoms with Gasteiger partial charge in [0.1, 0.15) is 17.7 Å². The molecule has 4 rings (SSSR count). The molecule has 192 valence electrons. The number of aryl methyl sites for hydroxylation is 4. The number of rotatable bonds is 10. The van der Waals surface area contributed by atoms with Crippen LogP contribution in [0.15, 0.2) is 65.8 Å². The van der Waals surface area contributed by atoms with Gasteiger partial charge >= 0.3 is 0 Å². The third-order valence-corrected chi connectivity index (χ3v) is 7.36. The molecule has 0 radical (unpaired) electrons. The van der Waals surface area contributed by atoms with Crippen molar-refractivity contribution in [3.8, 4) is 17.2 Å². The second kappa shape index (κ2) is 11.5. The predicted octanol–water partition coefficient (Wildman–Crippen LogP) is 6.20. The minimum absolute atomic E-state index is 0.282. The molecule has 0 unspecified atom stereocenters. The predicted molar refractivity (Wildman–Crippen MR) is 145 cm³/mol. The molecule has 37 heavy (non-hydrogen) atoms. The Kier molecular flexibility index (Phi) is 8.13. The van der Waals surface area contributed by atoms with E-state index in [0.717, 1.165) is 22.4 Å². The van der Waals surface area contributed by atoms with Crippen molar-refractivity contribution in [3.05, 3.63) is 104 Å². The van der Waals surface area contributed by atoms with Crippen LogP contribution in [0.3, 0.4) is 0 Å². The Morgan fingerprint density at radius 1 is 0.946 bits per heavy atom. The maximum Gasteiger partial charge on any atom is 0.220 e. The summed E-state index contributed by atoms with van der Waals surface area (Å²) < 4.78 is 13.5. The highest BCUT2D eigenvalue weighted by atomic mass is 32.2. The average molecular weight is 519 g/mol. The zero-order chi connectivity index (χ0) is 26.5. The van der Waals surface area contributed by atoms with Gasteiger partial charge in [-0.1, -0.05) is 53.7 Å². The Bertz CT molecular complexity index is 1400. The van der Waals surface area contributed by atoms with Crippen LogP contribution in [0.4, 0.5) is 0 Å². The molecular formula is C28H30N4O4S. The smallest absolute Gasteiger partial charge is 0.220 e. The fraction of sp³-hybridized carbons (Fsp3) is 0.286. The minimum atomic E-state index is -0.510. The van der Waals surface area contributed by atoms with Gasteiger partial charge in [-0.25, -0.2) is 0 Å². The van der Waals surface area contributed by atoms with Crippen molar-refractivity contribution in [1.29, 1.82) is 0 Å². The number of benzene rings is 3. The molecule has 1 heterocycles. The van der Waals surface area contributed by atoms with E-state index in [1.165, 1.54) is 22.9 Å². The van der Waals surface area contributed by atoms with Crippen LogP contribution in [0, 0.1) is 37.8 Å². The molecule has 8 nitrogen and oxygen atoms in total. The highest BCUT2D eigenvalue weighted by molar-refractivity contribution is 7.99. The summed E-state index contributed by atoms with van der Waals surface area (Å²) in [6, 6.07) is 19.7. The van der Waals surface area contributed by atoms with Crippen LogP contribution >= 0.6 is 11.8 Å². The molecule has 0 saturated heterocycles. The van der Waals surface area contributed by atoms with Crippen LogP contribution in [0.2, 0.25) is 0 Å². The first kappa shape index (κ1) is 26.2. The van der Waals surface area contributed by atoms with Gasteiger partial charge in [-0.15, -0.1) is 10.2 Å². The maximum atomic E-state index is 11.6. The number of aromatic nitrogens is 3. The van der Waals surface area contributed by atoms with Crippen LogP contribution < -0.4 is 9.47 Å². The molecule has 0 N–H and O–H groups in total. The number of thioether (sulfide) groups is 1. The Labute approximate surface area is 220 Å². The van der Waals surface area contributed by atoms with Crippen LogP contribution in [-0.2, 0) is 6.61 Å². The highest BCUT2D eigenvalue weighted by Gasteiger charge is 2.25. The molecule has 3 aromatic carbocycles. The standard InChI is InChI=1S/C28H30N4O4S/c1-18-6-9-22(10-7-18)17-36-25-13-11-23(15-26(25)35-5)27(16-31(33)34)37-28-30-29-21(4)32(28)24-12-8-19(2)20(3)14-24/h6-15,27H,16-17H2,1-5H3/t27-/m0/s1. The van der Waals surface area contributed by atoms with Gasteiger partial charge in [0, 0.05) is 10.6 Å². The molecule has 0 aliphatic heterocycles. The number of hydrogen-bond acceptors (Lipinski definition) is 7. The van der Waals surface area contributed by atoms with E-state index >= 15 is 0 Å². The van der Waals surface area contributed by atoms with Crippen LogP contribution in [0.25, 0.3) is 5.69 Å². The second-order valence-corrected chi connectivity index (χ2v) is 10.1. The van der Waals surface area contributed by atoms with Gasteiger partial charge < -0.3 is 9.47 Å². The number of hydrogen-bond donors (Lipinski definition) is 0. The highest BCUT2D eigenvalue weighted by Crippen LogP contribution is 2.39. The van der Waals surface area contributed by atoms with Crippen molar-refractivity contribution in [1.82, 2.24) is 14.8 Å². The summed E-state index contributed by atoms with van der Waals surface area (Å²) in [4.78, 5) is 11.3. The molecule has 0 fully saturated rings. The molecule has 9 heteroatoms. The largest absolute Gasteiger partial charge is 0.493 e. The summed E-state index contributed by atoms with van der Waals surface area (Å²) in [5.74, 6) is 1.80. The van der Waals surface area contributed by atoms with E-state index in [0.29, 0.717) is 29.1 Å². The van der Waals surface area contributed by atoms with Crippen molar-refractivity contribution in [2.45, 2.75) is 44.7 Å². The molecule has 0 amide bonds. The van der Waals surface area contributed by atoms with Crippen LogP contribution in [0.5, 0.6) is 11.5 Å². The molecule has 1 atom stereocenters. The molecule has 4 aromatic rings. The van der Waals surface area contributed by atoms with Crippen LogP contribution in [0.1, 0.15) is 38.9 Å². The molecule has 0 spiro atoms. The van der Waals surface area contributed by atoms with Crippen molar-refractivity contribution in [3.63, 3.8) is 0 Å². The summed E-state index contributed by atoms with van der Waals surface area (Å²) in [6.07, 6.45) is 0. The molecule has 0 bridgehead atoms. The minimum Gasteiger partial charge on any atom is -0.493 e. The van der Waals surface area contributed by atoms with Gasteiger partial charge in [-0.3, -0.25) is 14.7 Å². The molecule has 0 aliphatic carbocycles. The van der Waals surface area contributed by atoms with E-state index in [4.69, 9.17) is 9.47 Å². The summed E-state index contributed by atoms with van der Waals surface area (Å²) in [5.41, 5.74) is 6.23. The Hall–Kier alpha value is -3.85. The van der Waals surface area contributed by atoms with Gasteiger partial charge in [0.15, 0.2) is 16.7 Å². The first-order valence-corrected chi connectivity index (χ1v) is 12.8. The van der Waals surface area contributed by atoms with Gasteiger partial charge in [0.25, 0.3) is 0 Å². The van der Waals surface area contributed by atoms with Gasteiger partial charge in [-0.05, 0) is 74.2 Å². The van der Waals surface area contributed by atoms with E-state index in [1.807, 2.05) is 60.9 Å². The first-order chi connectivity index (χ1) is 17.7. The average Bonchev–Trinajstić information content (AvgIpc) is 3.24. The summed E-state index contributed by atoms with van der Waals surface area (Å²) in [5, 5.41) is 20.3. The van der Waals surface area contributed by atoms with Crippen molar-refractivity contribution >= 4 is 11.8 Å². The van der Waals surface area contributed by atoms with E-state index in [-0.39, 0.29) is 11.5 Å². The second-order valence-electron chi connectivity index (χ2n) is 8.94. The number of methoxy groups -OCH3 is 1. The van der Waals surface area contributed by atoms with Crippen LogP contribution in [-0.4, -0.2) is 33.3 Å². The normalized spacial score (nSPS) is 11.8. The molecular weight excluding hydrogens is 488 g/mol. The zero-order valence-electron chi connectivity index (χ0n) is 21.6. The molecule has 0 aliphatic rings. The fourth-order valence-electron chi connectivity index (χ4n) is 3.90. The van der Waals surface area contributed by atoms with E-state index in [1.54, 1.807) is 19.2 Å². The van der Waals surface area contributed by atoms with E-state index < -0.39 is 5.25 Å². The van der Waals surface area contributed by atoms with Crippen molar-refractivity contribution in [2.75, 3.05) is 13.7 Å². The monoisotopic (exact) mass is 518 g/mol. The number of nitrogens with zero attached hydrogens (tertiary/aromatic N) is 4. The van der Waals surface area contributed by atoms with Gasteiger partial charge in [-0.2, -0.15) is 0 Å². The fourth-order valence-corrected chi connectivity index (χ4v) is 5.07. The Morgan fingerprint density at radius 2 is 1.70 bits per heavy atom. The topological polar surface area (TPSA) is 92.3 Å². The molecule has 0 saturated carbocycles. The summed E-state index contributed by atoms with van der Waals surface area (Å²) in [6.45, 7) is 8.13.